The van der Waals surface area contributed by atoms with E-state index in [1.165, 1.54) is 17.2 Å². The van der Waals surface area contributed by atoms with Crippen LogP contribution >= 0.6 is 0 Å². The molecule has 1 aliphatic heterocycles. The number of nitrogens with zero attached hydrogens (tertiary/aromatic N) is 3. The Morgan fingerprint density at radius 1 is 1.26 bits per heavy atom. The molecule has 0 spiro atoms. The lowest BCUT2D eigenvalue weighted by atomic mass is 10.1. The number of imidazole rings is 1. The molecular formula is C19H22N6O2. The Kier molecular flexibility index (Phi) is 4.64. The molecule has 0 unspecified atom stereocenters. The van der Waals surface area contributed by atoms with E-state index in [2.05, 4.69) is 45.4 Å². The van der Waals surface area contributed by atoms with Crippen LogP contribution in [0.4, 0.5) is 5.82 Å². The van der Waals surface area contributed by atoms with Crippen molar-refractivity contribution < 1.29 is 0 Å². The molecule has 0 aliphatic carbocycles. The van der Waals surface area contributed by atoms with Crippen molar-refractivity contribution in [3.8, 4) is 5.69 Å². The lowest BCUT2D eigenvalue weighted by Crippen LogP contribution is -2.34. The smallest absolute Gasteiger partial charge is 0.327 e. The highest BCUT2D eigenvalue weighted by atomic mass is 16.2. The van der Waals surface area contributed by atoms with Crippen LogP contribution in [0.2, 0.25) is 0 Å². The molecule has 0 amide bonds. The number of H-pyrrole nitrogens is 2. The van der Waals surface area contributed by atoms with Crippen LogP contribution in [0.1, 0.15) is 17.5 Å². The van der Waals surface area contributed by atoms with Gasteiger partial charge in [-0.1, -0.05) is 6.07 Å². The first kappa shape index (κ1) is 17.3. The second kappa shape index (κ2) is 7.24. The molecule has 140 valence electrons. The standard InChI is InChI=1S/C19H22N6O2/c1-13-8-16(25-7-5-20-12-25)3-2-14(13)10-21-15-4-6-24(11-15)17-9-18(26)23-19(27)22-17/h2-3,5,7-9,12,15,21H,4,6,10-11H2,1H3,(H2,22,23,26,27)/t15-/m1/s1. The Balaban J connectivity index is 1.38. The maximum atomic E-state index is 11.5. The molecule has 1 atom stereocenters. The van der Waals surface area contributed by atoms with E-state index in [1.54, 1.807) is 12.5 Å². The van der Waals surface area contributed by atoms with Crippen molar-refractivity contribution >= 4 is 5.82 Å². The van der Waals surface area contributed by atoms with E-state index in [1.807, 2.05) is 15.7 Å². The molecule has 27 heavy (non-hydrogen) atoms. The first-order valence-electron chi connectivity index (χ1n) is 8.98. The topological polar surface area (TPSA) is 98.8 Å². The number of anilines is 1. The predicted octanol–water partition coefficient (Wildman–Crippen LogP) is 0.926. The molecule has 1 fully saturated rings. The molecule has 3 heterocycles. The average molecular weight is 366 g/mol. The Bertz CT molecular complexity index is 1010. The van der Waals surface area contributed by atoms with Gasteiger partial charge in [-0.3, -0.25) is 14.8 Å². The van der Waals surface area contributed by atoms with Crippen LogP contribution in [0.3, 0.4) is 0 Å². The molecule has 2 aromatic heterocycles. The number of hydrogen-bond acceptors (Lipinski definition) is 5. The summed E-state index contributed by atoms with van der Waals surface area (Å²) in [5.41, 5.74) is 2.73. The third-order valence-electron chi connectivity index (χ3n) is 4.98. The van der Waals surface area contributed by atoms with Gasteiger partial charge in [0.05, 0.1) is 6.33 Å². The molecule has 8 heteroatoms. The zero-order chi connectivity index (χ0) is 18.8. The van der Waals surface area contributed by atoms with Gasteiger partial charge in [0.15, 0.2) is 0 Å². The summed E-state index contributed by atoms with van der Waals surface area (Å²) in [5, 5.41) is 3.58. The van der Waals surface area contributed by atoms with Crippen LogP contribution in [-0.4, -0.2) is 38.7 Å². The van der Waals surface area contributed by atoms with Gasteiger partial charge >= 0.3 is 5.69 Å². The quantitative estimate of drug-likeness (QED) is 0.624. The van der Waals surface area contributed by atoms with Gasteiger partial charge in [-0.05, 0) is 36.6 Å². The Hall–Kier alpha value is -3.13. The van der Waals surface area contributed by atoms with Gasteiger partial charge in [-0.15, -0.1) is 0 Å². The number of aromatic nitrogens is 4. The molecule has 1 aromatic carbocycles. The van der Waals surface area contributed by atoms with E-state index in [0.29, 0.717) is 11.9 Å². The Morgan fingerprint density at radius 2 is 2.15 bits per heavy atom. The highest BCUT2D eigenvalue weighted by Crippen LogP contribution is 2.18. The minimum atomic E-state index is -0.470. The SMILES string of the molecule is Cc1cc(-n2ccnc2)ccc1CN[C@@H]1CCN(c2cc(=O)[nH]c(=O)[nH]2)C1. The van der Waals surface area contributed by atoms with Crippen molar-refractivity contribution in [2.24, 2.45) is 0 Å². The van der Waals surface area contributed by atoms with Crippen LogP contribution in [0.15, 0.2) is 52.6 Å². The van der Waals surface area contributed by atoms with Crippen molar-refractivity contribution in [1.82, 2.24) is 24.8 Å². The third kappa shape index (κ3) is 3.85. The molecule has 0 saturated carbocycles. The molecule has 1 saturated heterocycles. The Labute approximate surface area is 155 Å². The van der Waals surface area contributed by atoms with E-state index < -0.39 is 5.69 Å². The minimum Gasteiger partial charge on any atom is -0.356 e. The highest BCUT2D eigenvalue weighted by Gasteiger charge is 2.23. The van der Waals surface area contributed by atoms with Crippen molar-refractivity contribution in [2.45, 2.75) is 25.9 Å². The van der Waals surface area contributed by atoms with Crippen molar-refractivity contribution in [1.29, 1.82) is 0 Å². The van der Waals surface area contributed by atoms with Crippen LogP contribution in [-0.2, 0) is 6.54 Å². The molecule has 8 nitrogen and oxygen atoms in total. The van der Waals surface area contributed by atoms with Gasteiger partial charge in [0.25, 0.3) is 5.56 Å². The van der Waals surface area contributed by atoms with E-state index in [4.69, 9.17) is 0 Å². The second-order valence-electron chi connectivity index (χ2n) is 6.87. The van der Waals surface area contributed by atoms with Gasteiger partial charge in [0.1, 0.15) is 5.82 Å². The van der Waals surface area contributed by atoms with E-state index in [0.717, 1.165) is 31.7 Å². The highest BCUT2D eigenvalue weighted by molar-refractivity contribution is 5.41. The van der Waals surface area contributed by atoms with Crippen LogP contribution < -0.4 is 21.5 Å². The fourth-order valence-corrected chi connectivity index (χ4v) is 3.48. The van der Waals surface area contributed by atoms with E-state index in [-0.39, 0.29) is 5.56 Å². The largest absolute Gasteiger partial charge is 0.356 e. The molecule has 0 bridgehead atoms. The zero-order valence-electron chi connectivity index (χ0n) is 15.1. The summed E-state index contributed by atoms with van der Waals surface area (Å²) in [4.78, 5) is 33.9. The van der Waals surface area contributed by atoms with Crippen molar-refractivity contribution in [2.75, 3.05) is 18.0 Å². The van der Waals surface area contributed by atoms with E-state index >= 15 is 0 Å². The van der Waals surface area contributed by atoms with Gasteiger partial charge < -0.3 is 14.8 Å². The summed E-state index contributed by atoms with van der Waals surface area (Å²) in [5.74, 6) is 0.578. The number of rotatable bonds is 5. The molecule has 1 aliphatic rings. The Morgan fingerprint density at radius 3 is 2.89 bits per heavy atom. The van der Waals surface area contributed by atoms with Gasteiger partial charge in [0, 0.05) is 49.8 Å². The van der Waals surface area contributed by atoms with Gasteiger partial charge in [-0.2, -0.15) is 0 Å². The van der Waals surface area contributed by atoms with Crippen LogP contribution in [0, 0.1) is 6.92 Å². The molecule has 4 rings (SSSR count). The summed E-state index contributed by atoms with van der Waals surface area (Å²) >= 11 is 0. The molecule has 3 aromatic rings. The van der Waals surface area contributed by atoms with E-state index in [9.17, 15) is 9.59 Å². The number of aromatic amines is 2. The summed E-state index contributed by atoms with van der Waals surface area (Å²) in [7, 11) is 0. The summed E-state index contributed by atoms with van der Waals surface area (Å²) in [6.07, 6.45) is 6.45. The van der Waals surface area contributed by atoms with Gasteiger partial charge in [-0.25, -0.2) is 9.78 Å². The predicted molar refractivity (Wildman–Crippen MR) is 103 cm³/mol. The number of hydrogen-bond donors (Lipinski definition) is 3. The first-order valence-corrected chi connectivity index (χ1v) is 8.98. The molecule has 3 N–H and O–H groups in total. The number of benzene rings is 1. The molecular weight excluding hydrogens is 344 g/mol. The lowest BCUT2D eigenvalue weighted by Gasteiger charge is -2.18. The van der Waals surface area contributed by atoms with Gasteiger partial charge in [0.2, 0.25) is 0 Å². The summed E-state index contributed by atoms with van der Waals surface area (Å²) < 4.78 is 1.99. The first-order chi connectivity index (χ1) is 13.1. The maximum Gasteiger partial charge on any atom is 0.327 e. The molecule has 0 radical (unpaired) electrons. The maximum absolute atomic E-state index is 11.5. The van der Waals surface area contributed by atoms with Crippen LogP contribution in [0.5, 0.6) is 0 Å². The summed E-state index contributed by atoms with van der Waals surface area (Å²) in [6, 6.07) is 8.12. The average Bonchev–Trinajstić information content (AvgIpc) is 3.32. The fraction of sp³-hybridized carbons (Fsp3) is 0.316. The third-order valence-corrected chi connectivity index (χ3v) is 4.98. The van der Waals surface area contributed by atoms with Crippen molar-refractivity contribution in [3.05, 3.63) is 75.0 Å². The lowest BCUT2D eigenvalue weighted by molar-refractivity contribution is 0.550. The monoisotopic (exact) mass is 366 g/mol. The van der Waals surface area contributed by atoms with Crippen molar-refractivity contribution in [3.63, 3.8) is 0 Å². The second-order valence-corrected chi connectivity index (χ2v) is 6.87. The minimum absolute atomic E-state index is 0.306. The van der Waals surface area contributed by atoms with Crippen LogP contribution in [0.25, 0.3) is 5.69 Å². The zero-order valence-corrected chi connectivity index (χ0v) is 15.1. The normalized spacial score (nSPS) is 16.8. The number of aryl methyl sites for hydroxylation is 1. The summed E-state index contributed by atoms with van der Waals surface area (Å²) in [6.45, 7) is 4.45. The number of nitrogens with one attached hydrogen (secondary N) is 3. The fourth-order valence-electron chi connectivity index (χ4n) is 3.48.